The molecule has 0 fully saturated rings. The Hall–Kier alpha value is -3.14. The van der Waals surface area contributed by atoms with Gasteiger partial charge in [0, 0.05) is 5.56 Å². The average Bonchev–Trinajstić information content (AvgIpc) is 3.41. The highest BCUT2D eigenvalue weighted by Gasteiger charge is 2.21. The maximum Gasteiger partial charge on any atom is 0.251 e. The van der Waals surface area contributed by atoms with Gasteiger partial charge in [-0.15, -0.1) is 21.5 Å². The van der Waals surface area contributed by atoms with Gasteiger partial charge < -0.3 is 11.1 Å². The molecule has 168 valence electrons. The zero-order chi connectivity index (χ0) is 23.5. The van der Waals surface area contributed by atoms with Crippen molar-refractivity contribution in [2.45, 2.75) is 19.0 Å². The highest BCUT2D eigenvalue weighted by atomic mass is 35.5. The van der Waals surface area contributed by atoms with Crippen LogP contribution in [-0.4, -0.2) is 32.3 Å². The molecule has 0 aliphatic carbocycles. The third-order valence-corrected chi connectivity index (χ3v) is 6.96. The normalized spacial score (nSPS) is 10.9. The minimum atomic E-state index is -0.585. The summed E-state index contributed by atoms with van der Waals surface area (Å²) in [5.74, 6) is -0.203. The number of carbonyl (C=O) groups is 2. The van der Waals surface area contributed by atoms with Crippen molar-refractivity contribution in [3.63, 3.8) is 0 Å². The number of hydrogen-bond donors (Lipinski definition) is 2. The number of primary amides is 1. The second-order valence-corrected chi connectivity index (χ2v) is 9.54. The second kappa shape index (κ2) is 9.78. The van der Waals surface area contributed by atoms with Crippen LogP contribution in [0.1, 0.15) is 21.5 Å². The molecule has 7 nitrogen and oxygen atoms in total. The van der Waals surface area contributed by atoms with Gasteiger partial charge in [-0.3, -0.25) is 14.2 Å². The molecule has 3 N–H and O–H groups in total. The van der Waals surface area contributed by atoms with Crippen LogP contribution < -0.4 is 11.1 Å². The molecule has 2 heterocycles. The molecule has 2 aromatic heterocycles. The fourth-order valence-corrected chi connectivity index (χ4v) is 5.02. The molecule has 0 spiro atoms. The van der Waals surface area contributed by atoms with Gasteiger partial charge in [0.2, 0.25) is 5.91 Å². The van der Waals surface area contributed by atoms with E-state index in [2.05, 4.69) is 15.5 Å². The van der Waals surface area contributed by atoms with E-state index in [0.29, 0.717) is 21.0 Å². The third kappa shape index (κ3) is 4.95. The summed E-state index contributed by atoms with van der Waals surface area (Å²) in [6.45, 7) is 4.02. The number of aryl methyl sites for hydroxylation is 2. The van der Waals surface area contributed by atoms with Crippen molar-refractivity contribution in [1.29, 1.82) is 0 Å². The summed E-state index contributed by atoms with van der Waals surface area (Å²) in [4.78, 5) is 24.1. The van der Waals surface area contributed by atoms with Crippen molar-refractivity contribution in [2.24, 2.45) is 5.73 Å². The van der Waals surface area contributed by atoms with Gasteiger partial charge in [-0.05, 0) is 54.6 Å². The highest BCUT2D eigenvalue weighted by molar-refractivity contribution is 7.99. The summed E-state index contributed by atoms with van der Waals surface area (Å²) in [5.41, 5.74) is 9.42. The minimum absolute atomic E-state index is 0.0711. The van der Waals surface area contributed by atoms with Crippen LogP contribution >= 0.6 is 34.7 Å². The van der Waals surface area contributed by atoms with Crippen LogP contribution in [0.15, 0.2) is 59.1 Å². The maximum absolute atomic E-state index is 12.6. The molecule has 0 aliphatic heterocycles. The lowest BCUT2D eigenvalue weighted by molar-refractivity contribution is -0.113. The number of thioether (sulfide) groups is 1. The number of nitrogens with one attached hydrogen (secondary N) is 1. The van der Waals surface area contributed by atoms with Crippen LogP contribution in [0.5, 0.6) is 0 Å². The average molecular weight is 498 g/mol. The van der Waals surface area contributed by atoms with Gasteiger partial charge in [0.25, 0.3) is 5.91 Å². The van der Waals surface area contributed by atoms with Gasteiger partial charge in [0.1, 0.15) is 5.00 Å². The summed E-state index contributed by atoms with van der Waals surface area (Å²) >= 11 is 8.95. The molecule has 10 heteroatoms. The Morgan fingerprint density at radius 2 is 1.94 bits per heavy atom. The Labute approximate surface area is 204 Å². The molecular weight excluding hydrogens is 478 g/mol. The molecule has 0 saturated heterocycles. The number of halogens is 1. The smallest absolute Gasteiger partial charge is 0.251 e. The Kier molecular flexibility index (Phi) is 6.83. The van der Waals surface area contributed by atoms with Crippen LogP contribution in [0.3, 0.4) is 0 Å². The first-order valence-corrected chi connectivity index (χ1v) is 12.2. The molecule has 0 saturated carbocycles. The fourth-order valence-electron chi connectivity index (χ4n) is 3.25. The van der Waals surface area contributed by atoms with E-state index in [9.17, 15) is 9.59 Å². The van der Waals surface area contributed by atoms with Crippen molar-refractivity contribution >= 4 is 51.5 Å². The number of benzene rings is 2. The summed E-state index contributed by atoms with van der Waals surface area (Å²) in [7, 11) is 0. The summed E-state index contributed by atoms with van der Waals surface area (Å²) in [6.07, 6.45) is 0. The summed E-state index contributed by atoms with van der Waals surface area (Å²) in [5, 5.41) is 14.8. The van der Waals surface area contributed by atoms with Gasteiger partial charge in [-0.25, -0.2) is 0 Å². The number of rotatable bonds is 7. The molecule has 4 aromatic rings. The highest BCUT2D eigenvalue weighted by Crippen LogP contribution is 2.33. The topological polar surface area (TPSA) is 103 Å². The van der Waals surface area contributed by atoms with Gasteiger partial charge in [0.15, 0.2) is 11.0 Å². The number of nitrogens with two attached hydrogens (primary N) is 1. The van der Waals surface area contributed by atoms with Crippen molar-refractivity contribution in [1.82, 2.24) is 14.8 Å². The molecule has 0 aliphatic rings. The molecule has 2 aromatic carbocycles. The monoisotopic (exact) mass is 497 g/mol. The fraction of sp³-hybridized carbons (Fsp3) is 0.130. The van der Waals surface area contributed by atoms with Crippen LogP contribution in [0.25, 0.3) is 17.1 Å². The summed E-state index contributed by atoms with van der Waals surface area (Å²) in [6, 6.07) is 15.1. The quantitative estimate of drug-likeness (QED) is 0.346. The molecule has 0 unspecified atom stereocenters. The van der Waals surface area contributed by atoms with Crippen molar-refractivity contribution < 1.29 is 9.59 Å². The Morgan fingerprint density at radius 1 is 1.15 bits per heavy atom. The molecule has 0 atom stereocenters. The van der Waals surface area contributed by atoms with Crippen molar-refractivity contribution in [3.05, 3.63) is 75.6 Å². The molecule has 33 heavy (non-hydrogen) atoms. The van der Waals surface area contributed by atoms with Gasteiger partial charge >= 0.3 is 0 Å². The zero-order valence-corrected chi connectivity index (χ0v) is 20.2. The number of anilines is 1. The van der Waals surface area contributed by atoms with E-state index in [1.54, 1.807) is 17.5 Å². The number of carbonyl (C=O) groups excluding carboxylic acids is 2. The Bertz CT molecular complexity index is 1350. The van der Waals surface area contributed by atoms with Crippen LogP contribution in [0.2, 0.25) is 5.02 Å². The van der Waals surface area contributed by atoms with E-state index in [1.165, 1.54) is 23.1 Å². The Balaban J connectivity index is 1.66. The molecular formula is C23H20ClN5O2S2. The molecule has 4 rings (SSSR count). The third-order valence-electron chi connectivity index (χ3n) is 4.87. The lowest BCUT2D eigenvalue weighted by Gasteiger charge is -2.14. The van der Waals surface area contributed by atoms with Crippen LogP contribution in [0, 0.1) is 13.8 Å². The number of thiophene rings is 1. The predicted octanol–water partition coefficient (Wildman–Crippen LogP) is 5.10. The molecule has 2 amide bonds. The maximum atomic E-state index is 12.6. The number of aromatic nitrogens is 3. The zero-order valence-electron chi connectivity index (χ0n) is 17.8. The van der Waals surface area contributed by atoms with Gasteiger partial charge in [-0.1, -0.05) is 47.6 Å². The van der Waals surface area contributed by atoms with E-state index < -0.39 is 5.91 Å². The standard InChI is InChI=1S/C23H20ClN5O2S2/c1-13-7-8-14(2)18(11-13)29-21(15-5-3-4-6-17(15)24)27-28-23(29)33-12-19(30)26-22-16(20(25)31)9-10-32-22/h3-11H,12H2,1-2H3,(H2,25,31)(H,26,30). The lowest BCUT2D eigenvalue weighted by Crippen LogP contribution is -2.18. The molecule has 0 radical (unpaired) electrons. The van der Waals surface area contributed by atoms with Gasteiger partial charge in [-0.2, -0.15) is 0 Å². The molecule has 0 bridgehead atoms. The second-order valence-electron chi connectivity index (χ2n) is 7.28. The minimum Gasteiger partial charge on any atom is -0.366 e. The SMILES string of the molecule is Cc1ccc(C)c(-n2c(SCC(=O)Nc3sccc3C(N)=O)nnc2-c2ccccc2Cl)c1. The van der Waals surface area contributed by atoms with E-state index in [0.717, 1.165) is 22.4 Å². The van der Waals surface area contributed by atoms with E-state index in [1.807, 2.05) is 54.8 Å². The van der Waals surface area contributed by atoms with E-state index in [4.69, 9.17) is 17.3 Å². The predicted molar refractivity (Wildman–Crippen MR) is 133 cm³/mol. The number of hydrogen-bond acceptors (Lipinski definition) is 6. The first-order valence-electron chi connectivity index (χ1n) is 9.93. The largest absolute Gasteiger partial charge is 0.366 e. The van der Waals surface area contributed by atoms with Crippen LogP contribution in [-0.2, 0) is 4.79 Å². The number of amides is 2. The first-order chi connectivity index (χ1) is 15.8. The van der Waals surface area contributed by atoms with Gasteiger partial charge in [0.05, 0.1) is 22.0 Å². The van der Waals surface area contributed by atoms with Crippen molar-refractivity contribution in [2.75, 3.05) is 11.1 Å². The van der Waals surface area contributed by atoms with E-state index >= 15 is 0 Å². The lowest BCUT2D eigenvalue weighted by atomic mass is 10.1. The van der Waals surface area contributed by atoms with E-state index in [-0.39, 0.29) is 17.2 Å². The Morgan fingerprint density at radius 3 is 2.70 bits per heavy atom. The summed E-state index contributed by atoms with van der Waals surface area (Å²) < 4.78 is 1.92. The van der Waals surface area contributed by atoms with Crippen molar-refractivity contribution in [3.8, 4) is 17.1 Å². The van der Waals surface area contributed by atoms with Crippen LogP contribution in [0.4, 0.5) is 5.00 Å². The number of nitrogens with zero attached hydrogens (tertiary/aromatic N) is 3. The first kappa shape index (κ1) is 23.0.